The van der Waals surface area contributed by atoms with E-state index in [0.717, 1.165) is 5.56 Å². The highest BCUT2D eigenvalue weighted by atomic mass is 19.4. The summed E-state index contributed by atoms with van der Waals surface area (Å²) in [5.41, 5.74) is 7.29. The van der Waals surface area contributed by atoms with Crippen molar-refractivity contribution >= 4 is 11.5 Å². The summed E-state index contributed by atoms with van der Waals surface area (Å²) in [4.78, 5) is 8.41. The molecule has 0 saturated heterocycles. The molecule has 0 aliphatic rings. The SMILES string of the molecule is NCCOCCOCCOCCn1cc(-c2cc(Nc3ccc(OC(F)(F)F)cc3)ncn2)cn1. The molecule has 1 aromatic carbocycles. The number of ether oxygens (including phenoxy) is 4. The number of aromatic nitrogens is 4. The summed E-state index contributed by atoms with van der Waals surface area (Å²) >= 11 is 0. The lowest BCUT2D eigenvalue weighted by Gasteiger charge is -2.10. The van der Waals surface area contributed by atoms with Crippen LogP contribution < -0.4 is 15.8 Å². The zero-order valence-corrected chi connectivity index (χ0v) is 18.9. The Bertz CT molecular complexity index is 1020. The first-order valence-electron chi connectivity index (χ1n) is 10.8. The van der Waals surface area contributed by atoms with Crippen LogP contribution in [0.1, 0.15) is 0 Å². The normalized spacial score (nSPS) is 11.5. The second-order valence-corrected chi connectivity index (χ2v) is 7.10. The molecule has 0 bridgehead atoms. The first-order valence-corrected chi connectivity index (χ1v) is 10.8. The number of hydrogen-bond acceptors (Lipinski definition) is 9. The molecule has 3 N–H and O–H groups in total. The van der Waals surface area contributed by atoms with Gasteiger partial charge in [-0.15, -0.1) is 13.2 Å². The first kappa shape index (κ1) is 26.3. The van der Waals surface area contributed by atoms with Crippen molar-refractivity contribution in [1.29, 1.82) is 0 Å². The van der Waals surface area contributed by atoms with Crippen LogP contribution in [0.5, 0.6) is 5.75 Å². The van der Waals surface area contributed by atoms with Crippen molar-refractivity contribution in [3.8, 4) is 17.0 Å². The van der Waals surface area contributed by atoms with Gasteiger partial charge in [-0.25, -0.2) is 9.97 Å². The number of hydrogen-bond donors (Lipinski definition) is 2. The van der Waals surface area contributed by atoms with Crippen LogP contribution >= 0.6 is 0 Å². The quantitative estimate of drug-likeness (QED) is 0.306. The van der Waals surface area contributed by atoms with E-state index in [2.05, 4.69) is 25.1 Å². The predicted octanol–water partition coefficient (Wildman–Crippen LogP) is 2.99. The van der Waals surface area contributed by atoms with E-state index in [-0.39, 0.29) is 5.75 Å². The molecule has 0 atom stereocenters. The summed E-state index contributed by atoms with van der Waals surface area (Å²) in [7, 11) is 0. The van der Waals surface area contributed by atoms with Gasteiger partial charge in [-0.2, -0.15) is 5.10 Å². The van der Waals surface area contributed by atoms with Crippen LogP contribution in [0.2, 0.25) is 0 Å². The van der Waals surface area contributed by atoms with Gasteiger partial charge in [0, 0.05) is 30.1 Å². The highest BCUT2D eigenvalue weighted by molar-refractivity contribution is 5.64. The molecule has 0 fully saturated rings. The third-order valence-corrected chi connectivity index (χ3v) is 4.43. The Hall–Kier alpha value is -3.26. The van der Waals surface area contributed by atoms with Crippen molar-refractivity contribution in [2.24, 2.45) is 5.73 Å². The lowest BCUT2D eigenvalue weighted by molar-refractivity contribution is -0.274. The van der Waals surface area contributed by atoms with E-state index in [0.29, 0.717) is 69.9 Å². The van der Waals surface area contributed by atoms with Crippen molar-refractivity contribution in [2.75, 3.05) is 51.5 Å². The van der Waals surface area contributed by atoms with Crippen molar-refractivity contribution in [3.05, 3.63) is 49.1 Å². The van der Waals surface area contributed by atoms with E-state index in [1.807, 2.05) is 6.20 Å². The molecule has 13 heteroatoms. The molecule has 0 amide bonds. The number of nitrogens with one attached hydrogen (secondary N) is 1. The van der Waals surface area contributed by atoms with Gasteiger partial charge >= 0.3 is 6.36 Å². The van der Waals surface area contributed by atoms with Crippen molar-refractivity contribution in [2.45, 2.75) is 12.9 Å². The largest absolute Gasteiger partial charge is 0.573 e. The molecule has 10 nitrogen and oxygen atoms in total. The molecular formula is C22H27F3N6O4. The fourth-order valence-electron chi connectivity index (χ4n) is 2.87. The van der Waals surface area contributed by atoms with Gasteiger partial charge < -0.3 is 30.0 Å². The minimum Gasteiger partial charge on any atom is -0.406 e. The number of benzene rings is 1. The molecule has 2 aromatic heterocycles. The van der Waals surface area contributed by atoms with Gasteiger partial charge in [0.15, 0.2) is 0 Å². The third kappa shape index (κ3) is 9.86. The average Bonchev–Trinajstić information content (AvgIpc) is 3.30. The maximum absolute atomic E-state index is 12.3. The summed E-state index contributed by atoms with van der Waals surface area (Å²) in [6.07, 6.45) is 0.172. The fraction of sp³-hybridized carbons (Fsp3) is 0.409. The summed E-state index contributed by atoms with van der Waals surface area (Å²) < 4.78 is 58.6. The molecular weight excluding hydrogens is 469 g/mol. The molecule has 0 aliphatic carbocycles. The zero-order chi connectivity index (χ0) is 24.9. The Morgan fingerprint density at radius 3 is 2.29 bits per heavy atom. The van der Waals surface area contributed by atoms with Crippen LogP contribution in [0, 0.1) is 0 Å². The minimum absolute atomic E-state index is 0.303. The highest BCUT2D eigenvalue weighted by Gasteiger charge is 2.30. The lowest BCUT2D eigenvalue weighted by Crippen LogP contribution is -2.16. The van der Waals surface area contributed by atoms with E-state index in [1.165, 1.54) is 30.6 Å². The second kappa shape index (κ2) is 13.6. The molecule has 0 radical (unpaired) electrons. The van der Waals surface area contributed by atoms with E-state index in [9.17, 15) is 13.2 Å². The molecule has 2 heterocycles. The highest BCUT2D eigenvalue weighted by Crippen LogP contribution is 2.25. The standard InChI is InChI=1S/C22H27F3N6O4/c23-22(24,25)35-19-3-1-18(2-4-19)30-21-13-20(27-16-28-21)17-14-29-31(15-17)6-8-33-10-12-34-11-9-32-7-5-26/h1-4,13-16H,5-12,26H2,(H,27,28,30). The van der Waals surface area contributed by atoms with Gasteiger partial charge in [-0.3, -0.25) is 4.68 Å². The maximum atomic E-state index is 12.3. The zero-order valence-electron chi connectivity index (χ0n) is 18.9. The monoisotopic (exact) mass is 496 g/mol. The Morgan fingerprint density at radius 1 is 0.914 bits per heavy atom. The van der Waals surface area contributed by atoms with Crippen LogP contribution in [0.15, 0.2) is 49.1 Å². The average molecular weight is 496 g/mol. The summed E-state index contributed by atoms with van der Waals surface area (Å²) in [6.45, 7) is 4.00. The van der Waals surface area contributed by atoms with Crippen LogP contribution in [0.4, 0.5) is 24.7 Å². The number of halogens is 3. The van der Waals surface area contributed by atoms with Gasteiger partial charge in [0.05, 0.1) is 58.1 Å². The second-order valence-electron chi connectivity index (χ2n) is 7.10. The topological polar surface area (TPSA) is 119 Å². The molecule has 0 unspecified atom stereocenters. The maximum Gasteiger partial charge on any atom is 0.573 e. The van der Waals surface area contributed by atoms with Gasteiger partial charge in [0.2, 0.25) is 0 Å². The summed E-state index contributed by atoms with van der Waals surface area (Å²) in [6, 6.07) is 7.07. The molecule has 3 aromatic rings. The van der Waals surface area contributed by atoms with Gasteiger partial charge in [0.25, 0.3) is 0 Å². The Balaban J connectivity index is 1.42. The van der Waals surface area contributed by atoms with Crippen molar-refractivity contribution in [3.63, 3.8) is 0 Å². The molecule has 35 heavy (non-hydrogen) atoms. The van der Waals surface area contributed by atoms with Gasteiger partial charge in [0.1, 0.15) is 17.9 Å². The van der Waals surface area contributed by atoms with Crippen LogP contribution in [0.25, 0.3) is 11.3 Å². The van der Waals surface area contributed by atoms with E-state index in [1.54, 1.807) is 16.9 Å². The Labute approximate surface area is 200 Å². The molecule has 3 rings (SSSR count). The number of alkyl halides is 3. The molecule has 0 saturated carbocycles. The van der Waals surface area contributed by atoms with E-state index < -0.39 is 6.36 Å². The van der Waals surface area contributed by atoms with Crippen molar-refractivity contribution < 1.29 is 32.1 Å². The number of anilines is 2. The first-order chi connectivity index (χ1) is 16.9. The number of rotatable bonds is 15. The van der Waals surface area contributed by atoms with Crippen LogP contribution in [0.3, 0.4) is 0 Å². The lowest BCUT2D eigenvalue weighted by atomic mass is 10.2. The van der Waals surface area contributed by atoms with Crippen molar-refractivity contribution in [1.82, 2.24) is 19.7 Å². The Kier molecular flexibility index (Phi) is 10.2. The van der Waals surface area contributed by atoms with Crippen LogP contribution in [-0.4, -0.2) is 72.3 Å². The van der Waals surface area contributed by atoms with Gasteiger partial charge in [-0.05, 0) is 24.3 Å². The molecule has 0 spiro atoms. The minimum atomic E-state index is -4.73. The Morgan fingerprint density at radius 2 is 1.60 bits per heavy atom. The van der Waals surface area contributed by atoms with E-state index >= 15 is 0 Å². The number of nitrogens with zero attached hydrogens (tertiary/aromatic N) is 4. The summed E-state index contributed by atoms with van der Waals surface area (Å²) in [5.74, 6) is 0.173. The van der Waals surface area contributed by atoms with E-state index in [4.69, 9.17) is 19.9 Å². The smallest absolute Gasteiger partial charge is 0.406 e. The summed E-state index contributed by atoms with van der Waals surface area (Å²) in [5, 5.41) is 7.34. The fourth-order valence-corrected chi connectivity index (χ4v) is 2.87. The van der Waals surface area contributed by atoms with Crippen LogP contribution in [-0.2, 0) is 20.8 Å². The third-order valence-electron chi connectivity index (χ3n) is 4.43. The molecule has 190 valence electrons. The number of nitrogens with two attached hydrogens (primary N) is 1. The predicted molar refractivity (Wildman–Crippen MR) is 121 cm³/mol. The van der Waals surface area contributed by atoms with Gasteiger partial charge in [-0.1, -0.05) is 0 Å². The molecule has 0 aliphatic heterocycles.